The van der Waals surface area contributed by atoms with Gasteiger partial charge in [0.1, 0.15) is 11.9 Å². The lowest BCUT2D eigenvalue weighted by Crippen LogP contribution is -2.35. The summed E-state index contributed by atoms with van der Waals surface area (Å²) in [6.07, 6.45) is -0.0191. The number of anilines is 1. The summed E-state index contributed by atoms with van der Waals surface area (Å²) in [5, 5.41) is 11.7. The predicted molar refractivity (Wildman–Crippen MR) is 102 cm³/mol. The predicted octanol–water partition coefficient (Wildman–Crippen LogP) is 2.15. The van der Waals surface area contributed by atoms with Gasteiger partial charge in [-0.2, -0.15) is 0 Å². The molecule has 0 spiro atoms. The second-order valence-corrected chi connectivity index (χ2v) is 6.63. The molecule has 0 amide bonds. The highest BCUT2D eigenvalue weighted by atomic mass is 16.6. The minimum Gasteiger partial charge on any atom is -0.456 e. The molecule has 0 saturated carbocycles. The molecule has 1 unspecified atom stereocenters. The van der Waals surface area contributed by atoms with E-state index in [1.807, 2.05) is 24.3 Å². The summed E-state index contributed by atoms with van der Waals surface area (Å²) < 4.78 is 6.77. The molecular weight excluding hydrogens is 364 g/mol. The Morgan fingerprint density at radius 3 is 2.75 bits per heavy atom. The standard InChI is InChI=1S/C19H22N4O5/c1-4-22-12(2)20-18(17(19(22)25)23(26)27)21-10-9-14-7-5-6-8-15(14)16(11-21)28-13(3)24/h5-8,16H,4,9-11H2,1-3H3. The molecule has 1 aromatic heterocycles. The summed E-state index contributed by atoms with van der Waals surface area (Å²) in [5.41, 5.74) is 0.625. The number of rotatable bonds is 4. The van der Waals surface area contributed by atoms with E-state index < -0.39 is 28.2 Å². The number of nitrogens with zero attached hydrogens (tertiary/aromatic N) is 4. The lowest BCUT2D eigenvalue weighted by molar-refractivity contribution is -0.386. The fourth-order valence-corrected chi connectivity index (χ4v) is 3.60. The number of carbonyl (C=O) groups is 1. The van der Waals surface area contributed by atoms with Gasteiger partial charge in [-0.25, -0.2) is 4.98 Å². The van der Waals surface area contributed by atoms with E-state index in [1.165, 1.54) is 11.5 Å². The van der Waals surface area contributed by atoms with E-state index in [2.05, 4.69) is 4.98 Å². The van der Waals surface area contributed by atoms with Crippen molar-refractivity contribution in [2.75, 3.05) is 18.0 Å². The minimum atomic E-state index is -0.685. The summed E-state index contributed by atoms with van der Waals surface area (Å²) >= 11 is 0. The maximum atomic E-state index is 12.7. The summed E-state index contributed by atoms with van der Waals surface area (Å²) in [6, 6.07) is 7.58. The molecule has 148 valence electrons. The highest BCUT2D eigenvalue weighted by Crippen LogP contribution is 2.31. The number of aromatic nitrogens is 2. The maximum absolute atomic E-state index is 12.7. The molecule has 1 aromatic carbocycles. The summed E-state index contributed by atoms with van der Waals surface area (Å²) in [4.78, 5) is 41.3. The van der Waals surface area contributed by atoms with Gasteiger partial charge in [-0.05, 0) is 31.4 Å². The quantitative estimate of drug-likeness (QED) is 0.450. The van der Waals surface area contributed by atoms with E-state index in [0.717, 1.165) is 11.1 Å². The molecule has 0 saturated heterocycles. The van der Waals surface area contributed by atoms with Crippen molar-refractivity contribution < 1.29 is 14.5 Å². The Kier molecular flexibility index (Phi) is 5.43. The summed E-state index contributed by atoms with van der Waals surface area (Å²) in [7, 11) is 0. The number of hydrogen-bond acceptors (Lipinski definition) is 7. The molecule has 1 atom stereocenters. The van der Waals surface area contributed by atoms with E-state index >= 15 is 0 Å². The van der Waals surface area contributed by atoms with Gasteiger partial charge >= 0.3 is 17.2 Å². The number of fused-ring (bicyclic) bond motifs is 1. The lowest BCUT2D eigenvalue weighted by Gasteiger charge is -2.26. The zero-order chi connectivity index (χ0) is 20.4. The first-order valence-electron chi connectivity index (χ1n) is 9.09. The highest BCUT2D eigenvalue weighted by molar-refractivity contribution is 5.67. The van der Waals surface area contributed by atoms with Crippen LogP contribution in [0, 0.1) is 17.0 Å². The number of benzene rings is 1. The molecule has 0 fully saturated rings. The van der Waals surface area contributed by atoms with Gasteiger partial charge in [0.25, 0.3) is 0 Å². The fraction of sp³-hybridized carbons (Fsp3) is 0.421. The smallest absolute Gasteiger partial charge is 0.376 e. The number of esters is 1. The van der Waals surface area contributed by atoms with Crippen LogP contribution in [0.2, 0.25) is 0 Å². The summed E-state index contributed by atoms with van der Waals surface area (Å²) in [5.74, 6) is -0.0252. The molecule has 3 rings (SSSR count). The van der Waals surface area contributed by atoms with Crippen LogP contribution in [0.15, 0.2) is 29.1 Å². The Bertz CT molecular complexity index is 985. The van der Waals surface area contributed by atoms with Gasteiger partial charge in [0, 0.05) is 20.0 Å². The largest absolute Gasteiger partial charge is 0.456 e. The molecule has 0 N–H and O–H groups in total. The topological polar surface area (TPSA) is 108 Å². The van der Waals surface area contributed by atoms with Crippen molar-refractivity contribution in [3.05, 3.63) is 61.7 Å². The molecule has 1 aliphatic rings. The van der Waals surface area contributed by atoms with Crippen molar-refractivity contribution in [1.82, 2.24) is 9.55 Å². The van der Waals surface area contributed by atoms with Crippen LogP contribution < -0.4 is 10.5 Å². The van der Waals surface area contributed by atoms with E-state index in [9.17, 15) is 19.7 Å². The Balaban J connectivity index is 2.11. The first-order chi connectivity index (χ1) is 13.3. The van der Waals surface area contributed by atoms with Crippen LogP contribution in [-0.2, 0) is 22.5 Å². The molecule has 0 bridgehead atoms. The van der Waals surface area contributed by atoms with Gasteiger partial charge in [0.15, 0.2) is 0 Å². The first-order valence-corrected chi connectivity index (χ1v) is 9.09. The Morgan fingerprint density at radius 2 is 2.11 bits per heavy atom. The van der Waals surface area contributed by atoms with Gasteiger partial charge < -0.3 is 9.64 Å². The van der Waals surface area contributed by atoms with Gasteiger partial charge in [0.05, 0.1) is 11.5 Å². The second kappa shape index (κ2) is 7.79. The average Bonchev–Trinajstić information content (AvgIpc) is 2.81. The third-order valence-corrected chi connectivity index (χ3v) is 4.86. The molecule has 9 heteroatoms. The van der Waals surface area contributed by atoms with Crippen LogP contribution in [0.1, 0.15) is 36.9 Å². The molecule has 2 heterocycles. The van der Waals surface area contributed by atoms with Crippen LogP contribution in [0.4, 0.5) is 11.5 Å². The molecule has 0 aliphatic carbocycles. The van der Waals surface area contributed by atoms with Crippen LogP contribution in [0.25, 0.3) is 0 Å². The number of carbonyl (C=O) groups excluding carboxylic acids is 1. The van der Waals surface area contributed by atoms with Gasteiger partial charge in [0.2, 0.25) is 5.82 Å². The monoisotopic (exact) mass is 386 g/mol. The second-order valence-electron chi connectivity index (χ2n) is 6.63. The van der Waals surface area contributed by atoms with Crippen molar-refractivity contribution in [1.29, 1.82) is 0 Å². The fourth-order valence-electron chi connectivity index (χ4n) is 3.60. The third-order valence-electron chi connectivity index (χ3n) is 4.86. The third kappa shape index (κ3) is 3.60. The summed E-state index contributed by atoms with van der Waals surface area (Å²) in [6.45, 7) is 5.59. The molecule has 2 aromatic rings. The van der Waals surface area contributed by atoms with Crippen molar-refractivity contribution in [3.63, 3.8) is 0 Å². The number of nitro groups is 1. The first kappa shape index (κ1) is 19.5. The maximum Gasteiger partial charge on any atom is 0.376 e. The van der Waals surface area contributed by atoms with E-state index in [-0.39, 0.29) is 12.4 Å². The zero-order valence-electron chi connectivity index (χ0n) is 16.0. The van der Waals surface area contributed by atoms with Crippen molar-refractivity contribution in [2.45, 2.75) is 39.8 Å². The van der Waals surface area contributed by atoms with Gasteiger partial charge in [-0.1, -0.05) is 24.3 Å². The Hall–Kier alpha value is -3.23. The Labute approximate surface area is 161 Å². The Morgan fingerprint density at radius 1 is 1.39 bits per heavy atom. The van der Waals surface area contributed by atoms with E-state index in [1.54, 1.807) is 18.7 Å². The highest BCUT2D eigenvalue weighted by Gasteiger charge is 2.33. The molecule has 9 nitrogen and oxygen atoms in total. The van der Waals surface area contributed by atoms with E-state index in [4.69, 9.17) is 4.74 Å². The van der Waals surface area contributed by atoms with Crippen molar-refractivity contribution in [3.8, 4) is 0 Å². The van der Waals surface area contributed by atoms with Crippen molar-refractivity contribution >= 4 is 17.5 Å². The van der Waals surface area contributed by atoms with E-state index in [0.29, 0.717) is 25.3 Å². The number of ether oxygens (including phenoxy) is 1. The SMILES string of the molecule is CCn1c(C)nc(N2CCc3ccccc3C(OC(C)=O)C2)c([N+](=O)[O-])c1=O. The average molecular weight is 386 g/mol. The van der Waals surface area contributed by atoms with Gasteiger partial charge in [-0.15, -0.1) is 0 Å². The minimum absolute atomic E-state index is 0.0159. The lowest BCUT2D eigenvalue weighted by atomic mass is 10.0. The van der Waals surface area contributed by atoms with Crippen LogP contribution >= 0.6 is 0 Å². The van der Waals surface area contributed by atoms with Crippen molar-refractivity contribution in [2.24, 2.45) is 0 Å². The van der Waals surface area contributed by atoms with Crippen LogP contribution in [0.3, 0.4) is 0 Å². The molecule has 1 aliphatic heterocycles. The number of hydrogen-bond donors (Lipinski definition) is 0. The normalized spacial score (nSPS) is 16.2. The van der Waals surface area contributed by atoms with Gasteiger partial charge in [-0.3, -0.25) is 24.3 Å². The molecule has 0 radical (unpaired) electrons. The van der Waals surface area contributed by atoms with Crippen LogP contribution in [-0.4, -0.2) is 33.5 Å². The molecular formula is C19H22N4O5. The number of aryl methyl sites for hydroxylation is 1. The van der Waals surface area contributed by atoms with Crippen LogP contribution in [0.5, 0.6) is 0 Å². The molecule has 28 heavy (non-hydrogen) atoms. The zero-order valence-corrected chi connectivity index (χ0v) is 16.0.